The Morgan fingerprint density at radius 2 is 1.91 bits per heavy atom. The van der Waals surface area contributed by atoms with Gasteiger partial charge in [0.2, 0.25) is 11.8 Å². The number of fused-ring (bicyclic) bond motifs is 1. The number of halogens is 1. The molecule has 0 aliphatic carbocycles. The molecule has 168 valence electrons. The largest absolute Gasteiger partial charge is 0.493 e. The number of methoxy groups -OCH3 is 1. The number of imidazole rings is 1. The third kappa shape index (κ3) is 4.88. The van der Waals surface area contributed by atoms with Crippen molar-refractivity contribution < 1.29 is 14.2 Å². The van der Waals surface area contributed by atoms with Gasteiger partial charge in [0, 0.05) is 24.5 Å². The Kier molecular flexibility index (Phi) is 6.70. The van der Waals surface area contributed by atoms with Crippen molar-refractivity contribution in [2.45, 2.75) is 6.54 Å². The second-order valence-electron chi connectivity index (χ2n) is 6.94. The summed E-state index contributed by atoms with van der Waals surface area (Å²) >= 11 is 0. The lowest BCUT2D eigenvalue weighted by Crippen LogP contribution is -2.07. The first-order valence-corrected chi connectivity index (χ1v) is 10.00. The maximum Gasteiger partial charge on any atom is 0.240 e. The first-order valence-electron chi connectivity index (χ1n) is 10.00. The van der Waals surface area contributed by atoms with E-state index >= 15 is 0 Å². The molecule has 0 saturated carbocycles. The highest BCUT2D eigenvalue weighted by Crippen LogP contribution is 2.36. The molecule has 0 saturated heterocycles. The number of nitrogens with one attached hydrogen (secondary N) is 1. The minimum Gasteiger partial charge on any atom is -0.493 e. The molecule has 0 amide bonds. The topological polar surface area (TPSA) is 100.0 Å². The van der Waals surface area contributed by atoms with Crippen LogP contribution in [0.4, 0.5) is 0 Å². The Hall–Kier alpha value is -4.11. The molecular weight excluding hydrogens is 444 g/mol. The van der Waals surface area contributed by atoms with E-state index < -0.39 is 0 Å². The summed E-state index contributed by atoms with van der Waals surface area (Å²) in [4.78, 5) is 12.7. The Morgan fingerprint density at radius 1 is 1.03 bits per heavy atom. The van der Waals surface area contributed by atoms with Gasteiger partial charge in [-0.2, -0.15) is 0 Å². The van der Waals surface area contributed by atoms with E-state index in [2.05, 4.69) is 25.1 Å². The molecule has 0 radical (unpaired) electrons. The summed E-state index contributed by atoms with van der Waals surface area (Å²) in [5.74, 6) is 1.94. The number of hydrogen-bond donors (Lipinski definition) is 1. The van der Waals surface area contributed by atoms with Gasteiger partial charge >= 0.3 is 0 Å². The van der Waals surface area contributed by atoms with E-state index in [0.717, 1.165) is 11.3 Å². The van der Waals surface area contributed by atoms with Gasteiger partial charge in [-0.25, -0.2) is 15.0 Å². The SMILES string of the molecule is COc1cc2c(Oc3cc(-c4ccccc4)[nH]n3)ncnc2cc1OCCn1ccnc1.Cl. The molecule has 0 bridgehead atoms. The molecule has 5 aromatic rings. The number of rotatable bonds is 8. The highest BCUT2D eigenvalue weighted by molar-refractivity contribution is 5.87. The molecule has 0 aliphatic rings. The van der Waals surface area contributed by atoms with Gasteiger partial charge in [0.05, 0.1) is 36.6 Å². The van der Waals surface area contributed by atoms with Gasteiger partial charge in [-0.05, 0) is 11.6 Å². The maximum atomic E-state index is 5.96. The Morgan fingerprint density at radius 3 is 2.70 bits per heavy atom. The van der Waals surface area contributed by atoms with Crippen molar-refractivity contribution in [3.05, 3.63) is 73.6 Å². The molecule has 2 aromatic carbocycles. The zero-order valence-electron chi connectivity index (χ0n) is 17.7. The molecule has 0 atom stereocenters. The van der Waals surface area contributed by atoms with E-state index in [1.54, 1.807) is 19.6 Å². The average Bonchev–Trinajstić information content (AvgIpc) is 3.52. The van der Waals surface area contributed by atoms with E-state index in [0.29, 0.717) is 47.3 Å². The third-order valence-corrected chi connectivity index (χ3v) is 4.89. The molecule has 0 unspecified atom stereocenters. The Balaban J connectivity index is 0.00000259. The summed E-state index contributed by atoms with van der Waals surface area (Å²) in [6.45, 7) is 1.13. The number of benzene rings is 2. The summed E-state index contributed by atoms with van der Waals surface area (Å²) in [5, 5.41) is 7.93. The minimum atomic E-state index is 0. The van der Waals surface area contributed by atoms with Crippen molar-refractivity contribution in [1.29, 1.82) is 0 Å². The lowest BCUT2D eigenvalue weighted by atomic mass is 10.2. The van der Waals surface area contributed by atoms with Gasteiger partial charge in [-0.15, -0.1) is 17.5 Å². The van der Waals surface area contributed by atoms with Crippen molar-refractivity contribution in [3.63, 3.8) is 0 Å². The molecule has 1 N–H and O–H groups in total. The average molecular weight is 465 g/mol. The highest BCUT2D eigenvalue weighted by atomic mass is 35.5. The van der Waals surface area contributed by atoms with E-state index in [-0.39, 0.29) is 12.4 Å². The van der Waals surface area contributed by atoms with Gasteiger partial charge in [0.25, 0.3) is 0 Å². The summed E-state index contributed by atoms with van der Waals surface area (Å²) in [6, 6.07) is 15.3. The van der Waals surface area contributed by atoms with Crippen molar-refractivity contribution >= 4 is 23.3 Å². The summed E-state index contributed by atoms with van der Waals surface area (Å²) in [7, 11) is 1.59. The number of nitrogens with zero attached hydrogens (tertiary/aromatic N) is 5. The van der Waals surface area contributed by atoms with E-state index in [1.807, 2.05) is 59.3 Å². The fourth-order valence-electron chi connectivity index (χ4n) is 3.29. The predicted octanol–water partition coefficient (Wildman–Crippen LogP) is 4.52. The number of aromatic nitrogens is 6. The molecule has 5 rings (SSSR count). The first kappa shape index (κ1) is 22.1. The van der Waals surface area contributed by atoms with Crippen LogP contribution in [0.15, 0.2) is 73.6 Å². The van der Waals surface area contributed by atoms with Gasteiger partial charge in [-0.1, -0.05) is 30.3 Å². The van der Waals surface area contributed by atoms with Crippen LogP contribution in [-0.4, -0.2) is 43.4 Å². The smallest absolute Gasteiger partial charge is 0.240 e. The minimum absolute atomic E-state index is 0. The van der Waals surface area contributed by atoms with Gasteiger partial charge < -0.3 is 18.8 Å². The standard InChI is InChI=1S/C23H20N6O3.ClH/c1-30-20-11-17-19(12-21(20)31-10-9-29-8-7-24-15-29)25-14-26-23(17)32-22-13-18(27-28-22)16-5-3-2-4-6-16;/h2-8,11-15H,9-10H2,1H3,(H,27,28);1H. The van der Waals surface area contributed by atoms with Crippen LogP contribution in [0.1, 0.15) is 0 Å². The van der Waals surface area contributed by atoms with Gasteiger partial charge in [0.1, 0.15) is 12.9 Å². The van der Waals surface area contributed by atoms with E-state index in [4.69, 9.17) is 14.2 Å². The van der Waals surface area contributed by atoms with Crippen molar-refractivity contribution in [3.8, 4) is 34.5 Å². The highest BCUT2D eigenvalue weighted by Gasteiger charge is 2.14. The van der Waals surface area contributed by atoms with Crippen LogP contribution < -0.4 is 14.2 Å². The molecule has 9 nitrogen and oxygen atoms in total. The van der Waals surface area contributed by atoms with Crippen LogP contribution in [0.2, 0.25) is 0 Å². The van der Waals surface area contributed by atoms with Crippen LogP contribution in [0.3, 0.4) is 0 Å². The molecule has 0 spiro atoms. The zero-order chi connectivity index (χ0) is 21.8. The fraction of sp³-hybridized carbons (Fsp3) is 0.130. The van der Waals surface area contributed by atoms with E-state index in [9.17, 15) is 0 Å². The van der Waals surface area contributed by atoms with Crippen molar-refractivity contribution in [2.24, 2.45) is 0 Å². The molecular formula is C23H21ClN6O3. The second-order valence-corrected chi connectivity index (χ2v) is 6.94. The maximum absolute atomic E-state index is 5.96. The predicted molar refractivity (Wildman–Crippen MR) is 125 cm³/mol. The fourth-order valence-corrected chi connectivity index (χ4v) is 3.29. The Bertz CT molecular complexity index is 1330. The zero-order valence-corrected chi connectivity index (χ0v) is 18.5. The number of ether oxygens (including phenoxy) is 3. The summed E-state index contributed by atoms with van der Waals surface area (Å²) < 4.78 is 19.4. The molecule has 0 aliphatic heterocycles. The van der Waals surface area contributed by atoms with Crippen LogP contribution in [-0.2, 0) is 6.54 Å². The molecule has 0 fully saturated rings. The van der Waals surface area contributed by atoms with Gasteiger partial charge in [0.15, 0.2) is 11.5 Å². The first-order chi connectivity index (χ1) is 15.8. The van der Waals surface area contributed by atoms with Crippen LogP contribution in [0.5, 0.6) is 23.3 Å². The monoisotopic (exact) mass is 464 g/mol. The van der Waals surface area contributed by atoms with Crippen molar-refractivity contribution in [2.75, 3.05) is 13.7 Å². The molecule has 3 heterocycles. The molecule has 3 aromatic heterocycles. The molecule has 33 heavy (non-hydrogen) atoms. The quantitative estimate of drug-likeness (QED) is 0.360. The van der Waals surface area contributed by atoms with E-state index in [1.165, 1.54) is 6.33 Å². The lowest BCUT2D eigenvalue weighted by molar-refractivity contribution is 0.280. The summed E-state index contributed by atoms with van der Waals surface area (Å²) in [6.07, 6.45) is 6.81. The second kappa shape index (κ2) is 10.0. The van der Waals surface area contributed by atoms with Gasteiger partial charge in [-0.3, -0.25) is 5.10 Å². The number of hydrogen-bond acceptors (Lipinski definition) is 7. The summed E-state index contributed by atoms with van der Waals surface area (Å²) in [5.41, 5.74) is 2.54. The normalized spacial score (nSPS) is 10.6. The number of H-pyrrole nitrogens is 1. The van der Waals surface area contributed by atoms with Crippen molar-refractivity contribution in [1.82, 2.24) is 29.7 Å². The number of aromatic amines is 1. The Labute approximate surface area is 195 Å². The van der Waals surface area contributed by atoms with Crippen LogP contribution in [0.25, 0.3) is 22.2 Å². The molecule has 10 heteroatoms. The lowest BCUT2D eigenvalue weighted by Gasteiger charge is -2.13. The van der Waals surface area contributed by atoms with Crippen LogP contribution in [0, 0.1) is 0 Å². The third-order valence-electron chi connectivity index (χ3n) is 4.89. The van der Waals surface area contributed by atoms with Crippen LogP contribution >= 0.6 is 12.4 Å².